The molecule has 2 aromatic rings. The zero-order valence-electron chi connectivity index (χ0n) is 20.5. The molecule has 12 heteroatoms. The molecule has 0 aliphatic carbocycles. The quantitative estimate of drug-likeness (QED) is 0.487. The Hall–Kier alpha value is -1.79. The third-order valence-electron chi connectivity index (χ3n) is 7.36. The highest BCUT2D eigenvalue weighted by Crippen LogP contribution is 2.42. The lowest BCUT2D eigenvalue weighted by Crippen LogP contribution is -2.55. The first-order valence-electron chi connectivity index (χ1n) is 11.9. The molecule has 2 aliphatic rings. The van der Waals surface area contributed by atoms with Crippen LogP contribution >= 0.6 is 11.6 Å². The van der Waals surface area contributed by atoms with Crippen molar-refractivity contribution in [2.45, 2.75) is 63.5 Å². The zero-order chi connectivity index (χ0) is 27.5. The second kappa shape index (κ2) is 9.75. The number of likely N-dealkylation sites (tertiary alicyclic amines) is 1. The first-order chi connectivity index (χ1) is 17.1. The Balaban J connectivity index is 1.66. The minimum absolute atomic E-state index is 0.0167. The molecule has 3 unspecified atom stereocenters. The fourth-order valence-corrected chi connectivity index (χ4v) is 7.22. The van der Waals surface area contributed by atoms with Crippen LogP contribution in [0.1, 0.15) is 43.4 Å². The summed E-state index contributed by atoms with van der Waals surface area (Å²) in [6.07, 6.45) is -2.27. The average Bonchev–Trinajstić information content (AvgIpc) is 3.07. The number of sulfonamides is 1. The van der Waals surface area contributed by atoms with E-state index in [0.717, 1.165) is 24.3 Å². The Morgan fingerprint density at radius 1 is 1.11 bits per heavy atom. The van der Waals surface area contributed by atoms with Crippen molar-refractivity contribution in [1.29, 1.82) is 0 Å². The van der Waals surface area contributed by atoms with E-state index in [2.05, 4.69) is 0 Å². The van der Waals surface area contributed by atoms with Crippen molar-refractivity contribution in [2.75, 3.05) is 19.3 Å². The van der Waals surface area contributed by atoms with Crippen LogP contribution in [0.2, 0.25) is 5.02 Å². The number of aliphatic hydroxyl groups is 1. The third kappa shape index (κ3) is 5.13. The van der Waals surface area contributed by atoms with E-state index in [1.807, 2.05) is 4.90 Å². The van der Waals surface area contributed by atoms with Crippen molar-refractivity contribution in [3.05, 3.63) is 57.6 Å². The van der Waals surface area contributed by atoms with Gasteiger partial charge in [-0.1, -0.05) is 30.7 Å². The van der Waals surface area contributed by atoms with Gasteiger partial charge in [0.25, 0.3) is 0 Å². The van der Waals surface area contributed by atoms with Crippen LogP contribution < -0.4 is 0 Å². The normalized spacial score (nSPS) is 22.9. The van der Waals surface area contributed by atoms with Gasteiger partial charge in [0.15, 0.2) is 5.60 Å². The maximum Gasteiger partial charge on any atom is 0.421 e. The van der Waals surface area contributed by atoms with Crippen LogP contribution in [0.25, 0.3) is 11.1 Å². The predicted molar refractivity (Wildman–Crippen MR) is 131 cm³/mol. The number of benzene rings is 2. The molecule has 2 fully saturated rings. The summed E-state index contributed by atoms with van der Waals surface area (Å²) in [6, 6.07) is 3.69. The van der Waals surface area contributed by atoms with E-state index in [1.165, 1.54) is 10.6 Å². The zero-order valence-corrected chi connectivity index (χ0v) is 22.1. The Labute approximate surface area is 217 Å². The van der Waals surface area contributed by atoms with Gasteiger partial charge in [0, 0.05) is 53.4 Å². The van der Waals surface area contributed by atoms with Crippen LogP contribution in [0.4, 0.5) is 22.0 Å². The van der Waals surface area contributed by atoms with Crippen molar-refractivity contribution in [3.8, 4) is 11.1 Å². The van der Waals surface area contributed by atoms with Crippen LogP contribution in [0, 0.1) is 11.6 Å². The van der Waals surface area contributed by atoms with E-state index in [-0.39, 0.29) is 52.3 Å². The summed E-state index contributed by atoms with van der Waals surface area (Å²) in [5, 5.41) is 9.69. The fraction of sp³-hybridized carbons (Fsp3) is 0.520. The molecule has 1 N–H and O–H groups in total. The van der Waals surface area contributed by atoms with Gasteiger partial charge in [0.05, 0.1) is 6.26 Å². The largest absolute Gasteiger partial charge is 0.421 e. The monoisotopic (exact) mass is 566 g/mol. The van der Waals surface area contributed by atoms with Crippen molar-refractivity contribution >= 4 is 21.6 Å². The molecule has 4 rings (SSSR count). The molecule has 3 atom stereocenters. The topological polar surface area (TPSA) is 60.9 Å². The smallest absolute Gasteiger partial charge is 0.376 e. The summed E-state index contributed by atoms with van der Waals surface area (Å²) in [4.78, 5) is 1.92. The van der Waals surface area contributed by atoms with Crippen molar-refractivity contribution in [3.63, 3.8) is 0 Å². The van der Waals surface area contributed by atoms with Gasteiger partial charge < -0.3 is 5.11 Å². The molecule has 0 spiro atoms. The van der Waals surface area contributed by atoms with Crippen molar-refractivity contribution < 1.29 is 35.5 Å². The van der Waals surface area contributed by atoms with Crippen LogP contribution in [0.15, 0.2) is 24.3 Å². The molecule has 204 valence electrons. The number of hydrogen-bond acceptors (Lipinski definition) is 4. The molecular weight excluding hydrogens is 539 g/mol. The van der Waals surface area contributed by atoms with Crippen LogP contribution in [-0.2, 0) is 28.6 Å². The van der Waals surface area contributed by atoms with E-state index < -0.39 is 39.0 Å². The van der Waals surface area contributed by atoms with E-state index >= 15 is 8.78 Å². The third-order valence-corrected chi connectivity index (χ3v) is 9.04. The van der Waals surface area contributed by atoms with Gasteiger partial charge in [-0.05, 0) is 49.4 Å². The summed E-state index contributed by atoms with van der Waals surface area (Å²) in [6.45, 7) is 3.11. The van der Waals surface area contributed by atoms with Gasteiger partial charge in [-0.15, -0.1) is 0 Å². The van der Waals surface area contributed by atoms with E-state index in [4.69, 9.17) is 11.6 Å². The molecule has 0 radical (unpaired) electrons. The lowest BCUT2D eigenvalue weighted by atomic mass is 9.90. The predicted octanol–water partition coefficient (Wildman–Crippen LogP) is 5.23. The minimum Gasteiger partial charge on any atom is -0.376 e. The lowest BCUT2D eigenvalue weighted by molar-refractivity contribution is -0.258. The Morgan fingerprint density at radius 2 is 1.70 bits per heavy atom. The second-order valence-electron chi connectivity index (χ2n) is 9.98. The summed E-state index contributed by atoms with van der Waals surface area (Å²) in [5.41, 5.74) is -3.68. The van der Waals surface area contributed by atoms with Crippen molar-refractivity contribution in [1.82, 2.24) is 9.21 Å². The van der Waals surface area contributed by atoms with E-state index in [0.29, 0.717) is 32.9 Å². The summed E-state index contributed by atoms with van der Waals surface area (Å²) in [7, 11) is -3.36. The Kier molecular flexibility index (Phi) is 7.44. The number of fused-ring (bicyclic) bond motifs is 2. The molecular formula is C25H28ClF5N2O3S. The lowest BCUT2D eigenvalue weighted by Gasteiger charge is -2.39. The van der Waals surface area contributed by atoms with Gasteiger partial charge in [0.2, 0.25) is 10.0 Å². The van der Waals surface area contributed by atoms with Gasteiger partial charge >= 0.3 is 6.18 Å². The first kappa shape index (κ1) is 28.2. The molecule has 0 amide bonds. The van der Waals surface area contributed by atoms with Crippen molar-refractivity contribution in [2.24, 2.45) is 0 Å². The molecule has 5 nitrogen and oxygen atoms in total. The molecule has 2 saturated heterocycles. The molecule has 0 aromatic heterocycles. The maximum atomic E-state index is 15.7. The van der Waals surface area contributed by atoms with Crippen LogP contribution in [-0.4, -0.2) is 60.3 Å². The Morgan fingerprint density at radius 3 is 2.19 bits per heavy atom. The molecule has 2 aromatic carbocycles. The van der Waals surface area contributed by atoms with Gasteiger partial charge in [0.1, 0.15) is 11.6 Å². The van der Waals surface area contributed by atoms with Gasteiger partial charge in [-0.2, -0.15) is 17.5 Å². The molecule has 2 bridgehead atoms. The van der Waals surface area contributed by atoms with Crippen LogP contribution in [0.3, 0.4) is 0 Å². The molecule has 0 saturated carbocycles. The van der Waals surface area contributed by atoms with Gasteiger partial charge in [-0.25, -0.2) is 17.2 Å². The second-order valence-corrected chi connectivity index (χ2v) is 12.3. The molecule has 2 aliphatic heterocycles. The average molecular weight is 567 g/mol. The molecule has 37 heavy (non-hydrogen) atoms. The Bertz CT molecular complexity index is 1300. The standard InChI is InChI=1S/C25H28ClF5N2O3S/c1-4-18-22(19-8-5-15(10-20(19)26)24(2,34)25(29,30)31)21(27)9-14(23(18)28)11-32-12-16-6-7-17(13-32)33(16)37(3,35)36/h5,8-10,16-17,34H,4,6-7,11-13H2,1-3H3. The number of nitrogens with zero attached hydrogens (tertiary/aromatic N) is 2. The number of hydrogen-bond donors (Lipinski definition) is 1. The van der Waals surface area contributed by atoms with E-state index in [9.17, 15) is 26.7 Å². The maximum absolute atomic E-state index is 15.7. The SMILES string of the molecule is CCc1c(F)c(CN2CC3CCC(C2)N3S(C)(=O)=O)cc(F)c1-c1ccc(C(C)(O)C(F)(F)F)cc1Cl. The molecule has 2 heterocycles. The van der Waals surface area contributed by atoms with Crippen LogP contribution in [0.5, 0.6) is 0 Å². The first-order valence-corrected chi connectivity index (χ1v) is 14.1. The number of piperazine rings is 1. The minimum atomic E-state index is -4.96. The summed E-state index contributed by atoms with van der Waals surface area (Å²) >= 11 is 6.23. The highest BCUT2D eigenvalue weighted by atomic mass is 35.5. The number of alkyl halides is 3. The number of halogens is 6. The summed E-state index contributed by atoms with van der Waals surface area (Å²) < 4.78 is 96.6. The number of rotatable bonds is 6. The fourth-order valence-electron chi connectivity index (χ4n) is 5.52. The summed E-state index contributed by atoms with van der Waals surface area (Å²) in [5.74, 6) is -1.41. The highest BCUT2D eigenvalue weighted by molar-refractivity contribution is 7.88. The highest BCUT2D eigenvalue weighted by Gasteiger charge is 2.51. The van der Waals surface area contributed by atoms with Gasteiger partial charge in [-0.3, -0.25) is 4.90 Å². The van der Waals surface area contributed by atoms with E-state index in [1.54, 1.807) is 6.92 Å².